The van der Waals surface area contributed by atoms with Crippen molar-refractivity contribution in [3.8, 4) is 0 Å². The fourth-order valence-corrected chi connectivity index (χ4v) is 5.06. The molecule has 7 nitrogen and oxygen atoms in total. The maximum Gasteiger partial charge on any atom is 0.421 e. The number of halogens is 3. The molecule has 1 heterocycles. The van der Waals surface area contributed by atoms with Gasteiger partial charge in [0.1, 0.15) is 0 Å². The number of esters is 1. The first-order chi connectivity index (χ1) is 17.0. The maximum atomic E-state index is 13.5. The standard InChI is InChI=1S/C26H30F3N3O4/c1-3-36-23(34)25(19-12-15-30-31-16-19)13-10-21(11-14-25)32(20-8-9-20)22(33)17-4-6-18(7-5-17)24(2,35)26(27,28)29/h4-7,12,15-16,20-21,35H,3,8-11,13-14H2,1-2H3/t21-,24-,25+/m0/s1. The van der Waals surface area contributed by atoms with Crippen molar-refractivity contribution in [1.82, 2.24) is 15.1 Å². The molecule has 2 aliphatic carbocycles. The summed E-state index contributed by atoms with van der Waals surface area (Å²) < 4.78 is 45.0. The number of benzene rings is 1. The zero-order valence-electron chi connectivity index (χ0n) is 20.3. The van der Waals surface area contributed by atoms with E-state index in [1.54, 1.807) is 25.4 Å². The molecular formula is C26H30F3N3O4. The smallest absolute Gasteiger partial charge is 0.421 e. The summed E-state index contributed by atoms with van der Waals surface area (Å²) in [4.78, 5) is 28.3. The number of rotatable bonds is 7. The summed E-state index contributed by atoms with van der Waals surface area (Å²) in [6.45, 7) is 2.71. The highest BCUT2D eigenvalue weighted by molar-refractivity contribution is 5.95. The Balaban J connectivity index is 1.54. The van der Waals surface area contributed by atoms with E-state index in [1.807, 2.05) is 4.90 Å². The van der Waals surface area contributed by atoms with Crippen molar-refractivity contribution < 1.29 is 32.6 Å². The fraction of sp³-hybridized carbons (Fsp3) is 0.538. The van der Waals surface area contributed by atoms with Gasteiger partial charge in [0.05, 0.1) is 18.2 Å². The quantitative estimate of drug-likeness (QED) is 0.565. The average molecular weight is 506 g/mol. The zero-order chi connectivity index (χ0) is 26.1. The Morgan fingerprint density at radius 2 is 1.67 bits per heavy atom. The lowest BCUT2D eigenvalue weighted by atomic mass is 9.68. The topological polar surface area (TPSA) is 92.6 Å². The van der Waals surface area contributed by atoms with Gasteiger partial charge in [-0.3, -0.25) is 9.59 Å². The number of carbonyl (C=O) groups excluding carboxylic acids is 2. The molecule has 0 bridgehead atoms. The third-order valence-corrected chi connectivity index (χ3v) is 7.43. The molecule has 1 aromatic heterocycles. The van der Waals surface area contributed by atoms with Crippen LogP contribution in [0.5, 0.6) is 0 Å². The second-order valence-corrected chi connectivity index (χ2v) is 9.76. The summed E-state index contributed by atoms with van der Waals surface area (Å²) in [6, 6.07) is 6.69. The number of hydrogen-bond acceptors (Lipinski definition) is 6. The van der Waals surface area contributed by atoms with E-state index in [0.717, 1.165) is 30.5 Å². The van der Waals surface area contributed by atoms with Gasteiger partial charge in [0.25, 0.3) is 5.91 Å². The number of aromatic nitrogens is 2. The van der Waals surface area contributed by atoms with Crippen LogP contribution in [0.1, 0.15) is 73.9 Å². The molecule has 10 heteroatoms. The number of amides is 1. The molecule has 1 atom stereocenters. The summed E-state index contributed by atoms with van der Waals surface area (Å²) in [6.07, 6.45) is 2.12. The molecule has 0 radical (unpaired) electrons. The van der Waals surface area contributed by atoms with Gasteiger partial charge in [-0.25, -0.2) is 0 Å². The second-order valence-electron chi connectivity index (χ2n) is 9.76. The number of carbonyl (C=O) groups is 2. The molecule has 0 aliphatic heterocycles. The molecule has 2 fully saturated rings. The first kappa shape index (κ1) is 26.1. The van der Waals surface area contributed by atoms with Crippen LogP contribution >= 0.6 is 0 Å². The Labute approximate surface area is 207 Å². The largest absolute Gasteiger partial charge is 0.465 e. The van der Waals surface area contributed by atoms with Crippen LogP contribution in [-0.2, 0) is 20.5 Å². The van der Waals surface area contributed by atoms with Crippen LogP contribution in [0.4, 0.5) is 13.2 Å². The Morgan fingerprint density at radius 1 is 1.06 bits per heavy atom. The Morgan fingerprint density at radius 3 is 2.17 bits per heavy atom. The maximum absolute atomic E-state index is 13.5. The van der Waals surface area contributed by atoms with Gasteiger partial charge in [-0.1, -0.05) is 12.1 Å². The zero-order valence-corrected chi connectivity index (χ0v) is 20.3. The van der Waals surface area contributed by atoms with Crippen LogP contribution < -0.4 is 0 Å². The van der Waals surface area contributed by atoms with Crippen molar-refractivity contribution in [1.29, 1.82) is 0 Å². The lowest BCUT2D eigenvalue weighted by Gasteiger charge is -2.42. The van der Waals surface area contributed by atoms with Crippen LogP contribution in [-0.4, -0.2) is 56.9 Å². The molecule has 36 heavy (non-hydrogen) atoms. The minimum absolute atomic E-state index is 0.0677. The van der Waals surface area contributed by atoms with E-state index in [1.165, 1.54) is 12.1 Å². The van der Waals surface area contributed by atoms with Crippen LogP contribution in [0.25, 0.3) is 0 Å². The van der Waals surface area contributed by atoms with Gasteiger partial charge in [0, 0.05) is 23.8 Å². The normalized spacial score (nSPS) is 24.0. The van der Waals surface area contributed by atoms with E-state index in [9.17, 15) is 27.9 Å². The van der Waals surface area contributed by atoms with E-state index >= 15 is 0 Å². The van der Waals surface area contributed by atoms with Gasteiger partial charge in [-0.2, -0.15) is 23.4 Å². The monoisotopic (exact) mass is 505 g/mol. The molecule has 0 unspecified atom stereocenters. The number of aliphatic hydroxyl groups is 1. The molecule has 2 aliphatic rings. The van der Waals surface area contributed by atoms with Gasteiger partial charge in [0.15, 0.2) is 5.60 Å². The van der Waals surface area contributed by atoms with Crippen LogP contribution in [0.3, 0.4) is 0 Å². The molecule has 194 valence electrons. The molecule has 0 spiro atoms. The van der Waals surface area contributed by atoms with Gasteiger partial charge < -0.3 is 14.7 Å². The van der Waals surface area contributed by atoms with Crippen molar-refractivity contribution in [2.75, 3.05) is 6.61 Å². The van der Waals surface area contributed by atoms with Crippen LogP contribution in [0, 0.1) is 0 Å². The van der Waals surface area contributed by atoms with Gasteiger partial charge in [0.2, 0.25) is 0 Å². The first-order valence-corrected chi connectivity index (χ1v) is 12.2. The molecule has 1 amide bonds. The predicted molar refractivity (Wildman–Crippen MR) is 124 cm³/mol. The molecule has 2 aromatic rings. The number of alkyl halides is 3. The molecule has 1 N–H and O–H groups in total. The number of ether oxygens (including phenoxy) is 1. The minimum Gasteiger partial charge on any atom is -0.465 e. The molecular weight excluding hydrogens is 475 g/mol. The third kappa shape index (κ3) is 4.83. The van der Waals surface area contributed by atoms with E-state index < -0.39 is 17.2 Å². The third-order valence-electron chi connectivity index (χ3n) is 7.43. The summed E-state index contributed by atoms with van der Waals surface area (Å²) in [5, 5.41) is 17.7. The molecule has 1 aromatic carbocycles. The number of nitrogens with zero attached hydrogens (tertiary/aromatic N) is 3. The molecule has 4 rings (SSSR count). The summed E-state index contributed by atoms with van der Waals surface area (Å²) in [7, 11) is 0. The summed E-state index contributed by atoms with van der Waals surface area (Å²) in [5.41, 5.74) is -3.18. The fourth-order valence-electron chi connectivity index (χ4n) is 5.06. The lowest BCUT2D eigenvalue weighted by Crippen LogP contribution is -2.49. The number of hydrogen-bond donors (Lipinski definition) is 1. The predicted octanol–water partition coefficient (Wildman–Crippen LogP) is 4.29. The van der Waals surface area contributed by atoms with Gasteiger partial charge in [-0.15, -0.1) is 0 Å². The SMILES string of the molecule is CCOC(=O)[C@]1(c2ccnnc2)CC[C@H](N(C(=O)c2ccc([C@](C)(O)C(F)(F)F)cc2)C2CC2)CC1. The Hall–Kier alpha value is -3.01. The van der Waals surface area contributed by atoms with Crippen molar-refractivity contribution in [3.63, 3.8) is 0 Å². The lowest BCUT2D eigenvalue weighted by molar-refractivity contribution is -0.258. The molecule has 2 saturated carbocycles. The van der Waals surface area contributed by atoms with Gasteiger partial charge in [-0.05, 0) is 81.7 Å². The minimum atomic E-state index is -4.84. The van der Waals surface area contributed by atoms with Crippen LogP contribution in [0.2, 0.25) is 0 Å². The summed E-state index contributed by atoms with van der Waals surface area (Å²) in [5.74, 6) is -0.567. The van der Waals surface area contributed by atoms with Crippen molar-refractivity contribution in [3.05, 3.63) is 59.4 Å². The van der Waals surface area contributed by atoms with Crippen molar-refractivity contribution >= 4 is 11.9 Å². The Bertz CT molecular complexity index is 1080. The highest BCUT2D eigenvalue weighted by Crippen LogP contribution is 2.44. The van der Waals surface area contributed by atoms with E-state index in [-0.39, 0.29) is 41.7 Å². The Kier molecular flexibility index (Phi) is 7.10. The first-order valence-electron chi connectivity index (χ1n) is 12.2. The average Bonchev–Trinajstić information content (AvgIpc) is 3.70. The second kappa shape index (κ2) is 9.80. The highest BCUT2D eigenvalue weighted by Gasteiger charge is 2.51. The van der Waals surface area contributed by atoms with E-state index in [0.29, 0.717) is 32.6 Å². The van der Waals surface area contributed by atoms with Crippen LogP contribution in [0.15, 0.2) is 42.7 Å². The van der Waals surface area contributed by atoms with Crippen molar-refractivity contribution in [2.24, 2.45) is 0 Å². The van der Waals surface area contributed by atoms with Crippen molar-refractivity contribution in [2.45, 2.75) is 81.6 Å². The van der Waals surface area contributed by atoms with Gasteiger partial charge >= 0.3 is 12.1 Å². The summed E-state index contributed by atoms with van der Waals surface area (Å²) >= 11 is 0. The van der Waals surface area contributed by atoms with E-state index in [2.05, 4.69) is 10.2 Å². The highest BCUT2D eigenvalue weighted by atomic mass is 19.4. The van der Waals surface area contributed by atoms with E-state index in [4.69, 9.17) is 4.74 Å². The molecule has 0 saturated heterocycles.